The molecule has 16 nitrogen and oxygen atoms in total. The minimum atomic E-state index is -4.97. The number of anilines is 3. The third-order valence-corrected chi connectivity index (χ3v) is 13.6. The molecular formula is C51H48Cl2N5O11P. The fourth-order valence-electron chi connectivity index (χ4n) is 9.15. The van der Waals surface area contributed by atoms with Gasteiger partial charge in [0.05, 0.1) is 11.4 Å². The lowest BCUT2D eigenvalue weighted by Gasteiger charge is -2.18. The van der Waals surface area contributed by atoms with Crippen LogP contribution in [0.4, 0.5) is 17.1 Å². The van der Waals surface area contributed by atoms with Gasteiger partial charge in [0.2, 0.25) is 11.8 Å². The van der Waals surface area contributed by atoms with Gasteiger partial charge >= 0.3 is 7.82 Å². The van der Waals surface area contributed by atoms with Crippen LogP contribution in [-0.4, -0.2) is 93.2 Å². The number of benzene rings is 5. The predicted molar refractivity (Wildman–Crippen MR) is 269 cm³/mol. The lowest BCUT2D eigenvalue weighted by atomic mass is 9.95. The van der Waals surface area contributed by atoms with Gasteiger partial charge in [-0.15, -0.1) is 23.2 Å². The Morgan fingerprint density at radius 3 is 1.93 bits per heavy atom. The Labute approximate surface area is 412 Å². The number of nitrogens with zero attached hydrogens (tertiary/aromatic N) is 3. The maximum absolute atomic E-state index is 14.0. The summed E-state index contributed by atoms with van der Waals surface area (Å²) in [5, 5.41) is 19.1. The van der Waals surface area contributed by atoms with E-state index in [1.807, 2.05) is 18.2 Å². The molecule has 3 aliphatic heterocycles. The Kier molecular flexibility index (Phi) is 15.2. The number of hydrogen-bond donors (Lipinski definition) is 5. The molecule has 5 aromatic carbocycles. The van der Waals surface area contributed by atoms with Crippen LogP contribution in [0.3, 0.4) is 0 Å². The number of phenolic OH excluding ortho intramolecular Hbond substituents is 1. The van der Waals surface area contributed by atoms with Crippen LogP contribution in [0.5, 0.6) is 11.5 Å². The summed E-state index contributed by atoms with van der Waals surface area (Å²) in [6, 6.07) is 22.3. The van der Waals surface area contributed by atoms with Crippen LogP contribution in [0.1, 0.15) is 66.2 Å². The number of carbonyl (C=O) groups is 6. The number of phosphoric acid groups is 1. The Bertz CT molecular complexity index is 3060. The highest BCUT2D eigenvalue weighted by Crippen LogP contribution is 2.49. The first-order valence-corrected chi connectivity index (χ1v) is 25.1. The highest BCUT2D eigenvalue weighted by molar-refractivity contribution is 7.46. The topological polar surface area (TPSA) is 223 Å². The lowest BCUT2D eigenvalue weighted by molar-refractivity contribution is -0.137. The number of unbranched alkanes of at least 4 members (excludes halogenated alkanes) is 2. The van der Waals surface area contributed by atoms with Gasteiger partial charge in [0.1, 0.15) is 11.5 Å². The number of aromatic hydroxyl groups is 1. The molecule has 19 heteroatoms. The highest BCUT2D eigenvalue weighted by Gasteiger charge is 2.36. The lowest BCUT2D eigenvalue weighted by Crippen LogP contribution is -2.31. The number of phosphoric ester groups is 1. The molecule has 0 aromatic heterocycles. The average Bonchev–Trinajstić information content (AvgIpc) is 4.01. The van der Waals surface area contributed by atoms with Crippen LogP contribution >= 0.6 is 31.0 Å². The normalized spacial score (nSPS) is 16.5. The molecule has 0 spiro atoms. The summed E-state index contributed by atoms with van der Waals surface area (Å²) in [6.07, 6.45) is 10.0. The summed E-state index contributed by atoms with van der Waals surface area (Å²) in [5.41, 5.74) is 3.76. The molecule has 70 heavy (non-hydrogen) atoms. The van der Waals surface area contributed by atoms with Crippen LogP contribution in [-0.2, 0) is 33.3 Å². The number of phenols is 1. The van der Waals surface area contributed by atoms with Gasteiger partial charge in [-0.3, -0.25) is 43.5 Å². The van der Waals surface area contributed by atoms with E-state index in [-0.39, 0.29) is 91.8 Å². The van der Waals surface area contributed by atoms with Gasteiger partial charge in [0.25, 0.3) is 23.6 Å². The van der Waals surface area contributed by atoms with Crippen molar-refractivity contribution in [3.05, 3.63) is 125 Å². The molecule has 0 aliphatic carbocycles. The van der Waals surface area contributed by atoms with E-state index in [1.165, 1.54) is 35.3 Å². The largest absolute Gasteiger partial charge is 0.524 e. The molecule has 0 radical (unpaired) electrons. The molecule has 5 N–H and O–H groups in total. The van der Waals surface area contributed by atoms with Gasteiger partial charge in [0, 0.05) is 116 Å². The van der Waals surface area contributed by atoms with Gasteiger partial charge < -0.3 is 30.1 Å². The number of hydrogen-bond acceptors (Lipinski definition) is 9. The SMILES string of the molecule is O=C(CCCCCN1C(=O)C=CC1=O)NCCC(=O)Nc1cc(/C=C/C(=O)N2C[C@@H](CCl)c3c2cc(OP(=O)(O)O)c2ccccc32)ccc1/C=C/C(=O)N1C[C@@H](CCl)c2c1cc(O)c1ccccc21. The molecule has 8 rings (SSSR count). The maximum atomic E-state index is 14.0. The fourth-order valence-corrected chi connectivity index (χ4v) is 10.1. The van der Waals surface area contributed by atoms with Gasteiger partial charge in [0.15, 0.2) is 0 Å². The standard InChI is InChI=1S/C51H48Cl2N5O11P/c52-27-33-29-57(40-25-42(59)35-8-3-5-10-37(35)50(33)40)49(65)18-16-32-15-13-31(24-39(32)55-45(61)21-22-54-44(60)12-2-1-7-23-56-46(62)19-20-47(56)63)14-17-48(64)58-30-34(28-53)51-38-11-6-4-9-36(38)43(26-41(51)58)69-70(66,67)68/h3-6,8-11,13-20,24-26,33-34,59H,1-2,7,12,21-23,27-30H2,(H,54,60)(H,55,61)(H2,66,67,68)/b17-14+,18-16+/t33-,34-/m1/s1. The second-order valence-electron chi connectivity index (χ2n) is 17.0. The Morgan fingerprint density at radius 1 is 0.714 bits per heavy atom. The predicted octanol–water partition coefficient (Wildman–Crippen LogP) is 7.87. The van der Waals surface area contributed by atoms with Crippen molar-refractivity contribution in [3.8, 4) is 11.5 Å². The Morgan fingerprint density at radius 2 is 1.30 bits per heavy atom. The van der Waals surface area contributed by atoms with Crippen LogP contribution in [0.2, 0.25) is 0 Å². The van der Waals surface area contributed by atoms with Crippen molar-refractivity contribution >= 4 is 117 Å². The number of fused-ring (bicyclic) bond motifs is 6. The smallest absolute Gasteiger partial charge is 0.507 e. The van der Waals surface area contributed by atoms with Crippen LogP contribution in [0, 0.1) is 0 Å². The first kappa shape index (κ1) is 49.6. The molecule has 5 aromatic rings. The van der Waals surface area contributed by atoms with Crippen molar-refractivity contribution in [3.63, 3.8) is 0 Å². The molecule has 6 amide bonds. The van der Waals surface area contributed by atoms with Crippen molar-refractivity contribution in [1.29, 1.82) is 0 Å². The summed E-state index contributed by atoms with van der Waals surface area (Å²) in [6.45, 7) is 0.764. The van der Waals surface area contributed by atoms with Crippen LogP contribution in [0.15, 0.2) is 103 Å². The zero-order valence-electron chi connectivity index (χ0n) is 37.6. The van der Waals surface area contributed by atoms with E-state index < -0.39 is 25.5 Å². The van der Waals surface area contributed by atoms with Gasteiger partial charge in [-0.1, -0.05) is 67.1 Å². The van der Waals surface area contributed by atoms with Gasteiger partial charge in [-0.2, -0.15) is 0 Å². The number of nitrogens with one attached hydrogen (secondary N) is 2. The Hall–Kier alpha value is -6.81. The molecule has 0 saturated heterocycles. The van der Waals surface area contributed by atoms with Crippen molar-refractivity contribution < 1.29 is 52.7 Å². The molecule has 0 saturated carbocycles. The first-order chi connectivity index (χ1) is 33.6. The highest BCUT2D eigenvalue weighted by atomic mass is 35.5. The van der Waals surface area contributed by atoms with Crippen molar-refractivity contribution in [2.75, 3.05) is 53.1 Å². The zero-order valence-corrected chi connectivity index (χ0v) is 40.0. The van der Waals surface area contributed by atoms with Gasteiger partial charge in [-0.25, -0.2) is 4.57 Å². The van der Waals surface area contributed by atoms with E-state index in [1.54, 1.807) is 71.6 Å². The zero-order chi connectivity index (χ0) is 49.7. The summed E-state index contributed by atoms with van der Waals surface area (Å²) in [5.74, 6) is -2.42. The maximum Gasteiger partial charge on any atom is 0.524 e. The second kappa shape index (κ2) is 21.5. The summed E-state index contributed by atoms with van der Waals surface area (Å²) in [7, 11) is -4.97. The number of carbonyl (C=O) groups excluding carboxylic acids is 6. The first-order valence-electron chi connectivity index (χ1n) is 22.5. The van der Waals surface area contributed by atoms with E-state index in [4.69, 9.17) is 27.7 Å². The van der Waals surface area contributed by atoms with Crippen molar-refractivity contribution in [1.82, 2.24) is 10.2 Å². The Balaban J connectivity index is 0.993. The molecule has 362 valence electrons. The van der Waals surface area contributed by atoms with Crippen molar-refractivity contribution in [2.45, 2.75) is 43.9 Å². The number of halogens is 2. The van der Waals surface area contributed by atoms with Crippen molar-refractivity contribution in [2.24, 2.45) is 0 Å². The fraction of sp³-hybridized carbons (Fsp3) is 0.255. The third-order valence-electron chi connectivity index (χ3n) is 12.4. The van der Waals surface area contributed by atoms with E-state index in [0.29, 0.717) is 63.6 Å². The summed E-state index contributed by atoms with van der Waals surface area (Å²) >= 11 is 12.8. The molecule has 0 unspecified atom stereocenters. The molecule has 0 bridgehead atoms. The minimum absolute atomic E-state index is 0.0259. The summed E-state index contributed by atoms with van der Waals surface area (Å²) in [4.78, 5) is 101. The number of imide groups is 1. The number of rotatable bonds is 18. The monoisotopic (exact) mass is 1010 g/mol. The molecule has 3 heterocycles. The van der Waals surface area contributed by atoms with E-state index in [0.717, 1.165) is 21.4 Å². The van der Waals surface area contributed by atoms with Crippen LogP contribution in [0.25, 0.3) is 33.7 Å². The molecule has 3 aliphatic rings. The van der Waals surface area contributed by atoms with E-state index >= 15 is 0 Å². The molecule has 0 fully saturated rings. The van der Waals surface area contributed by atoms with E-state index in [9.17, 15) is 48.2 Å². The summed E-state index contributed by atoms with van der Waals surface area (Å²) < 4.78 is 17.0. The number of amides is 6. The number of alkyl halides is 2. The second-order valence-corrected chi connectivity index (χ2v) is 18.8. The molecule has 2 atom stereocenters. The average molecular weight is 1010 g/mol. The quantitative estimate of drug-likeness (QED) is 0.0187. The van der Waals surface area contributed by atoms with Gasteiger partial charge in [-0.05, 0) is 64.1 Å². The molecular weight excluding hydrogens is 960 g/mol. The van der Waals surface area contributed by atoms with E-state index in [2.05, 4.69) is 10.6 Å². The minimum Gasteiger partial charge on any atom is -0.507 e. The third kappa shape index (κ3) is 11.0. The van der Waals surface area contributed by atoms with Crippen LogP contribution < -0.4 is 25.0 Å².